The maximum absolute atomic E-state index is 12.3. The van der Waals surface area contributed by atoms with E-state index in [1.54, 1.807) is 0 Å². The molecular weight excluding hydrogens is 254 g/mol. The molecule has 4 nitrogen and oxygen atoms in total. The van der Waals surface area contributed by atoms with E-state index in [9.17, 15) is 13.6 Å². The van der Waals surface area contributed by atoms with Gasteiger partial charge in [0.05, 0.1) is 5.56 Å². The van der Waals surface area contributed by atoms with Gasteiger partial charge in [-0.15, -0.1) is 0 Å². The van der Waals surface area contributed by atoms with E-state index in [0.29, 0.717) is 11.3 Å². The average molecular weight is 264 g/mol. The van der Waals surface area contributed by atoms with Crippen LogP contribution in [0.15, 0.2) is 42.7 Å². The Bertz CT molecular complexity index is 588. The first-order valence-corrected chi connectivity index (χ1v) is 5.37. The molecule has 0 saturated carbocycles. The summed E-state index contributed by atoms with van der Waals surface area (Å²) in [6.07, 6.45) is 2.88. The fourth-order valence-electron chi connectivity index (χ4n) is 1.58. The van der Waals surface area contributed by atoms with Crippen LogP contribution in [0.1, 0.15) is 15.9 Å². The van der Waals surface area contributed by atoms with Gasteiger partial charge in [-0.2, -0.15) is 8.78 Å². The molecule has 1 aromatic heterocycles. The third-order valence-corrected chi connectivity index (χ3v) is 2.41. The minimum absolute atomic E-state index is 0.00787. The van der Waals surface area contributed by atoms with Gasteiger partial charge in [0.25, 0.3) is 0 Å². The number of ether oxygens (including phenoxy) is 1. The van der Waals surface area contributed by atoms with Crippen LogP contribution in [-0.4, -0.2) is 17.4 Å². The van der Waals surface area contributed by atoms with Gasteiger partial charge in [0, 0.05) is 23.6 Å². The molecule has 19 heavy (non-hydrogen) atoms. The molecule has 2 N–H and O–H groups in total. The summed E-state index contributed by atoms with van der Waals surface area (Å²) in [5.74, 6) is -0.656. The predicted molar refractivity (Wildman–Crippen MR) is 65.2 cm³/mol. The number of carbonyl (C=O) groups is 1. The standard InChI is InChI=1S/C13H10F2N2O2/c14-13(15)19-11-2-1-9(16)7-10(11)12(18)8-3-5-17-6-4-8/h1-7,13H,16H2. The van der Waals surface area contributed by atoms with E-state index in [4.69, 9.17) is 5.73 Å². The Morgan fingerprint density at radius 3 is 2.53 bits per heavy atom. The second kappa shape index (κ2) is 5.43. The second-order valence-corrected chi connectivity index (χ2v) is 3.70. The number of nitrogen functional groups attached to an aromatic ring is 1. The molecule has 6 heteroatoms. The van der Waals surface area contributed by atoms with Crippen LogP contribution in [0.25, 0.3) is 0 Å². The number of aromatic nitrogens is 1. The Labute approximate surface area is 107 Å². The quantitative estimate of drug-likeness (QED) is 0.680. The molecule has 0 radical (unpaired) electrons. The van der Waals surface area contributed by atoms with Crippen molar-refractivity contribution < 1.29 is 18.3 Å². The summed E-state index contributed by atoms with van der Waals surface area (Å²) in [4.78, 5) is 16.0. The number of halogens is 2. The summed E-state index contributed by atoms with van der Waals surface area (Å²) in [6, 6.07) is 6.91. The lowest BCUT2D eigenvalue weighted by molar-refractivity contribution is -0.0501. The summed E-state index contributed by atoms with van der Waals surface area (Å²) in [5, 5.41) is 0. The molecule has 0 amide bonds. The van der Waals surface area contributed by atoms with E-state index >= 15 is 0 Å². The molecule has 0 spiro atoms. The smallest absolute Gasteiger partial charge is 0.387 e. The first-order chi connectivity index (χ1) is 9.08. The monoisotopic (exact) mass is 264 g/mol. The van der Waals surface area contributed by atoms with Crippen molar-refractivity contribution in [3.8, 4) is 5.75 Å². The van der Waals surface area contributed by atoms with Gasteiger partial charge in [-0.05, 0) is 30.3 Å². The zero-order valence-corrected chi connectivity index (χ0v) is 9.72. The lowest BCUT2D eigenvalue weighted by atomic mass is 10.0. The SMILES string of the molecule is Nc1ccc(OC(F)F)c(C(=O)c2ccncc2)c1. The zero-order chi connectivity index (χ0) is 13.8. The van der Waals surface area contributed by atoms with Gasteiger partial charge in [0.15, 0.2) is 5.78 Å². The van der Waals surface area contributed by atoms with E-state index in [-0.39, 0.29) is 11.3 Å². The van der Waals surface area contributed by atoms with Gasteiger partial charge < -0.3 is 10.5 Å². The highest BCUT2D eigenvalue weighted by Gasteiger charge is 2.17. The molecule has 2 rings (SSSR count). The lowest BCUT2D eigenvalue weighted by Crippen LogP contribution is -2.09. The molecule has 0 aliphatic carbocycles. The van der Waals surface area contributed by atoms with Crippen molar-refractivity contribution in [3.63, 3.8) is 0 Å². The summed E-state index contributed by atoms with van der Waals surface area (Å²) < 4.78 is 28.9. The Kier molecular flexibility index (Phi) is 3.70. The Balaban J connectivity index is 2.43. The molecular formula is C13H10F2N2O2. The Morgan fingerprint density at radius 2 is 1.89 bits per heavy atom. The number of pyridine rings is 1. The average Bonchev–Trinajstić information content (AvgIpc) is 2.40. The molecule has 0 unspecified atom stereocenters. The van der Waals surface area contributed by atoms with E-state index in [1.807, 2.05) is 0 Å². The third-order valence-electron chi connectivity index (χ3n) is 2.41. The van der Waals surface area contributed by atoms with Gasteiger partial charge in [-0.25, -0.2) is 0 Å². The van der Waals surface area contributed by atoms with E-state index in [2.05, 4.69) is 9.72 Å². The maximum atomic E-state index is 12.3. The number of nitrogens with zero attached hydrogens (tertiary/aromatic N) is 1. The normalized spacial score (nSPS) is 10.5. The number of benzene rings is 1. The van der Waals surface area contributed by atoms with Crippen molar-refractivity contribution in [2.24, 2.45) is 0 Å². The number of anilines is 1. The summed E-state index contributed by atoms with van der Waals surface area (Å²) in [7, 11) is 0. The molecule has 0 aliphatic heterocycles. The molecule has 98 valence electrons. The topological polar surface area (TPSA) is 65.2 Å². The first kappa shape index (κ1) is 12.9. The van der Waals surface area contributed by atoms with Crippen LogP contribution < -0.4 is 10.5 Å². The summed E-state index contributed by atoms with van der Waals surface area (Å²) in [5.41, 5.74) is 6.17. The largest absolute Gasteiger partial charge is 0.434 e. The number of alkyl halides is 2. The van der Waals surface area contributed by atoms with Gasteiger partial charge in [0.2, 0.25) is 0 Å². The first-order valence-electron chi connectivity index (χ1n) is 5.37. The molecule has 0 fully saturated rings. The van der Waals surface area contributed by atoms with Crippen molar-refractivity contribution in [3.05, 3.63) is 53.9 Å². The van der Waals surface area contributed by atoms with Crippen LogP contribution in [0.2, 0.25) is 0 Å². The molecule has 2 aromatic rings. The van der Waals surface area contributed by atoms with Crippen molar-refractivity contribution in [1.82, 2.24) is 4.98 Å². The highest BCUT2D eigenvalue weighted by atomic mass is 19.3. The van der Waals surface area contributed by atoms with Crippen LogP contribution in [0, 0.1) is 0 Å². The van der Waals surface area contributed by atoms with Crippen molar-refractivity contribution >= 4 is 11.5 Å². The Morgan fingerprint density at radius 1 is 1.21 bits per heavy atom. The maximum Gasteiger partial charge on any atom is 0.387 e. The fraction of sp³-hybridized carbons (Fsp3) is 0.0769. The number of hydrogen-bond donors (Lipinski definition) is 1. The number of carbonyl (C=O) groups excluding carboxylic acids is 1. The molecule has 0 aliphatic rings. The molecule has 1 aromatic carbocycles. The zero-order valence-electron chi connectivity index (χ0n) is 9.72. The van der Waals surface area contributed by atoms with Crippen LogP contribution in [0.3, 0.4) is 0 Å². The van der Waals surface area contributed by atoms with Gasteiger partial charge in [-0.1, -0.05) is 0 Å². The molecule has 1 heterocycles. The van der Waals surface area contributed by atoms with Crippen LogP contribution in [0.4, 0.5) is 14.5 Å². The Hall–Kier alpha value is -2.50. The number of ketones is 1. The molecule has 0 atom stereocenters. The third kappa shape index (κ3) is 3.04. The minimum Gasteiger partial charge on any atom is -0.434 e. The molecule has 0 bridgehead atoms. The van der Waals surface area contributed by atoms with E-state index < -0.39 is 12.4 Å². The minimum atomic E-state index is -3.01. The summed E-state index contributed by atoms with van der Waals surface area (Å²) >= 11 is 0. The van der Waals surface area contributed by atoms with E-state index in [0.717, 1.165) is 0 Å². The van der Waals surface area contributed by atoms with Crippen LogP contribution in [0.5, 0.6) is 5.75 Å². The molecule has 0 saturated heterocycles. The van der Waals surface area contributed by atoms with Crippen LogP contribution >= 0.6 is 0 Å². The predicted octanol–water partition coefficient (Wildman–Crippen LogP) is 2.50. The number of nitrogens with two attached hydrogens (primary N) is 1. The second-order valence-electron chi connectivity index (χ2n) is 3.70. The van der Waals surface area contributed by atoms with Gasteiger partial charge >= 0.3 is 6.61 Å². The van der Waals surface area contributed by atoms with Crippen molar-refractivity contribution in [2.75, 3.05) is 5.73 Å². The number of rotatable bonds is 4. The van der Waals surface area contributed by atoms with Crippen molar-refractivity contribution in [2.45, 2.75) is 6.61 Å². The number of hydrogen-bond acceptors (Lipinski definition) is 4. The van der Waals surface area contributed by atoms with Gasteiger partial charge in [-0.3, -0.25) is 9.78 Å². The fourth-order valence-corrected chi connectivity index (χ4v) is 1.58. The van der Waals surface area contributed by atoms with Crippen LogP contribution in [-0.2, 0) is 0 Å². The highest BCUT2D eigenvalue weighted by Crippen LogP contribution is 2.25. The van der Waals surface area contributed by atoms with Gasteiger partial charge in [0.1, 0.15) is 5.75 Å². The highest BCUT2D eigenvalue weighted by molar-refractivity contribution is 6.11. The van der Waals surface area contributed by atoms with Crippen molar-refractivity contribution in [1.29, 1.82) is 0 Å². The summed E-state index contributed by atoms with van der Waals surface area (Å²) in [6.45, 7) is -3.01. The lowest BCUT2D eigenvalue weighted by Gasteiger charge is -2.10. The van der Waals surface area contributed by atoms with E-state index in [1.165, 1.54) is 42.7 Å².